The molecule has 1 saturated heterocycles. The number of rotatable bonds is 6. The van der Waals surface area contributed by atoms with Crippen LogP contribution in [0, 0.1) is 6.92 Å². The van der Waals surface area contributed by atoms with Crippen LogP contribution in [-0.2, 0) is 13.2 Å². The van der Waals surface area contributed by atoms with Crippen molar-refractivity contribution in [3.63, 3.8) is 0 Å². The molecule has 2 aromatic carbocycles. The zero-order valence-corrected chi connectivity index (χ0v) is 19.9. The van der Waals surface area contributed by atoms with Gasteiger partial charge in [0, 0.05) is 53.4 Å². The molecule has 0 aliphatic carbocycles. The fraction of sp³-hybridized carbons (Fsp3) is 0.292. The Kier molecular flexibility index (Phi) is 7.31. The third-order valence-corrected chi connectivity index (χ3v) is 6.43. The first kappa shape index (κ1) is 23.0. The van der Waals surface area contributed by atoms with Crippen molar-refractivity contribution in [1.82, 2.24) is 9.80 Å². The minimum Gasteiger partial charge on any atom is -0.485 e. The lowest BCUT2D eigenvalue weighted by molar-refractivity contribution is 0.0594. The number of halogens is 3. The van der Waals surface area contributed by atoms with Crippen molar-refractivity contribution < 1.29 is 13.9 Å². The molecule has 5 nitrogen and oxygen atoms in total. The first-order valence-corrected chi connectivity index (χ1v) is 11.5. The number of hydrogen-bond donors (Lipinski definition) is 0. The van der Waals surface area contributed by atoms with E-state index in [1.165, 1.54) is 0 Å². The molecule has 3 aromatic rings. The van der Waals surface area contributed by atoms with Crippen LogP contribution < -0.4 is 4.74 Å². The monoisotopic (exact) mass is 492 g/mol. The summed E-state index contributed by atoms with van der Waals surface area (Å²) in [5.74, 6) is 1.52. The molecule has 0 N–H and O–H groups in total. The van der Waals surface area contributed by atoms with E-state index < -0.39 is 0 Å². The molecular weight excluding hydrogens is 471 g/mol. The van der Waals surface area contributed by atoms with E-state index in [0.29, 0.717) is 46.2 Å². The van der Waals surface area contributed by atoms with E-state index in [1.54, 1.807) is 23.1 Å². The van der Waals surface area contributed by atoms with Crippen LogP contribution in [0.25, 0.3) is 0 Å². The van der Waals surface area contributed by atoms with Gasteiger partial charge in [-0.25, -0.2) is 0 Å². The lowest BCUT2D eigenvalue weighted by atomic mass is 10.2. The average molecular weight is 494 g/mol. The third kappa shape index (κ3) is 5.41. The first-order valence-electron chi connectivity index (χ1n) is 10.3. The number of amides is 1. The van der Waals surface area contributed by atoms with Crippen molar-refractivity contribution in [2.24, 2.45) is 0 Å². The highest BCUT2D eigenvalue weighted by molar-refractivity contribution is 6.36. The molecule has 1 aliphatic heterocycles. The molecule has 4 rings (SSSR count). The van der Waals surface area contributed by atoms with Gasteiger partial charge in [-0.2, -0.15) is 0 Å². The van der Waals surface area contributed by atoms with E-state index in [1.807, 2.05) is 37.3 Å². The van der Waals surface area contributed by atoms with Gasteiger partial charge in [-0.15, -0.1) is 0 Å². The van der Waals surface area contributed by atoms with Crippen LogP contribution in [0.1, 0.15) is 27.4 Å². The zero-order chi connectivity index (χ0) is 22.7. The Morgan fingerprint density at radius 1 is 1.00 bits per heavy atom. The second-order valence-corrected chi connectivity index (χ2v) is 8.98. The zero-order valence-electron chi connectivity index (χ0n) is 17.6. The molecule has 1 aliphatic rings. The Morgan fingerprint density at radius 3 is 2.41 bits per heavy atom. The number of hydrogen-bond acceptors (Lipinski definition) is 4. The number of aryl methyl sites for hydroxylation is 1. The molecule has 0 atom stereocenters. The SMILES string of the molecule is Cc1cc(Cl)ccc1OCc1ccc(C(=O)N2CCN(Cc3c(Cl)cccc3Cl)CC2)o1. The van der Waals surface area contributed by atoms with Gasteiger partial charge in [-0.3, -0.25) is 9.69 Å². The van der Waals surface area contributed by atoms with Crippen molar-refractivity contribution in [2.75, 3.05) is 26.2 Å². The van der Waals surface area contributed by atoms with Gasteiger partial charge in [-0.1, -0.05) is 40.9 Å². The van der Waals surface area contributed by atoms with Crippen molar-refractivity contribution in [3.8, 4) is 5.75 Å². The minimum absolute atomic E-state index is 0.116. The van der Waals surface area contributed by atoms with Crippen molar-refractivity contribution >= 4 is 40.7 Å². The van der Waals surface area contributed by atoms with E-state index in [0.717, 1.165) is 30.0 Å². The van der Waals surface area contributed by atoms with Crippen LogP contribution in [0.3, 0.4) is 0 Å². The Morgan fingerprint density at radius 2 is 1.72 bits per heavy atom. The largest absolute Gasteiger partial charge is 0.485 e. The van der Waals surface area contributed by atoms with Crippen molar-refractivity contribution in [1.29, 1.82) is 0 Å². The molecule has 0 radical (unpaired) electrons. The molecular formula is C24H23Cl3N2O3. The summed E-state index contributed by atoms with van der Waals surface area (Å²) >= 11 is 18.6. The molecule has 8 heteroatoms. The highest BCUT2D eigenvalue weighted by atomic mass is 35.5. The molecule has 0 spiro atoms. The van der Waals surface area contributed by atoms with Crippen molar-refractivity contribution in [3.05, 3.63) is 86.2 Å². The highest BCUT2D eigenvalue weighted by Gasteiger charge is 2.25. The summed E-state index contributed by atoms with van der Waals surface area (Å²) in [7, 11) is 0. The molecule has 32 heavy (non-hydrogen) atoms. The molecule has 1 amide bonds. The minimum atomic E-state index is -0.116. The normalized spacial score (nSPS) is 14.6. The van der Waals surface area contributed by atoms with Crippen LogP contribution in [0.4, 0.5) is 0 Å². The van der Waals surface area contributed by atoms with Gasteiger partial charge in [0.05, 0.1) is 0 Å². The smallest absolute Gasteiger partial charge is 0.289 e. The topological polar surface area (TPSA) is 45.9 Å². The number of carbonyl (C=O) groups is 1. The van der Waals surface area contributed by atoms with Gasteiger partial charge in [0.2, 0.25) is 0 Å². The maximum atomic E-state index is 12.9. The number of furan rings is 1. The summed E-state index contributed by atoms with van der Waals surface area (Å²) < 4.78 is 11.5. The van der Waals surface area contributed by atoms with Gasteiger partial charge in [0.15, 0.2) is 5.76 Å². The quantitative estimate of drug-likeness (QED) is 0.417. The Labute approximate surface area is 202 Å². The van der Waals surface area contributed by atoms with Gasteiger partial charge in [0.1, 0.15) is 18.1 Å². The van der Waals surface area contributed by atoms with Gasteiger partial charge in [-0.05, 0) is 55.0 Å². The molecule has 2 heterocycles. The Bertz CT molecular complexity index is 1090. The third-order valence-electron chi connectivity index (χ3n) is 5.48. The number of ether oxygens (including phenoxy) is 1. The second-order valence-electron chi connectivity index (χ2n) is 7.73. The summed E-state index contributed by atoms with van der Waals surface area (Å²) in [5, 5.41) is 1.99. The number of piperazine rings is 1. The van der Waals surface area contributed by atoms with Crippen LogP contribution in [-0.4, -0.2) is 41.9 Å². The summed E-state index contributed by atoms with van der Waals surface area (Å²) in [6, 6.07) is 14.4. The van der Waals surface area contributed by atoms with Crippen LogP contribution in [0.2, 0.25) is 15.1 Å². The maximum absolute atomic E-state index is 12.9. The summed E-state index contributed by atoms with van der Waals surface area (Å²) in [4.78, 5) is 16.9. The number of nitrogens with zero attached hydrogens (tertiary/aromatic N) is 2. The molecule has 1 fully saturated rings. The van der Waals surface area contributed by atoms with E-state index in [-0.39, 0.29) is 12.5 Å². The fourth-order valence-corrected chi connectivity index (χ4v) is 4.41. The molecule has 0 saturated carbocycles. The molecule has 0 unspecified atom stereocenters. The highest BCUT2D eigenvalue weighted by Crippen LogP contribution is 2.26. The summed E-state index contributed by atoms with van der Waals surface area (Å²) in [6.07, 6.45) is 0. The van der Waals surface area contributed by atoms with E-state index >= 15 is 0 Å². The van der Waals surface area contributed by atoms with E-state index in [4.69, 9.17) is 44.0 Å². The van der Waals surface area contributed by atoms with Crippen LogP contribution >= 0.6 is 34.8 Å². The van der Waals surface area contributed by atoms with Crippen LogP contribution in [0.5, 0.6) is 5.75 Å². The van der Waals surface area contributed by atoms with Crippen LogP contribution in [0.15, 0.2) is 52.9 Å². The molecule has 1 aromatic heterocycles. The van der Waals surface area contributed by atoms with Crippen molar-refractivity contribution in [2.45, 2.75) is 20.1 Å². The fourth-order valence-electron chi connectivity index (χ4n) is 3.67. The first-order chi connectivity index (χ1) is 15.4. The predicted molar refractivity (Wildman–Crippen MR) is 127 cm³/mol. The Hall–Kier alpha value is -2.18. The molecule has 0 bridgehead atoms. The van der Waals surface area contributed by atoms with E-state index in [2.05, 4.69) is 4.90 Å². The lowest BCUT2D eigenvalue weighted by Gasteiger charge is -2.34. The van der Waals surface area contributed by atoms with Gasteiger partial charge in [0.25, 0.3) is 5.91 Å². The van der Waals surface area contributed by atoms with Gasteiger partial charge >= 0.3 is 0 Å². The predicted octanol–water partition coefficient (Wildman–Crippen LogP) is 6.09. The van der Waals surface area contributed by atoms with Gasteiger partial charge < -0.3 is 14.1 Å². The Balaban J connectivity index is 1.30. The molecule has 168 valence electrons. The summed E-state index contributed by atoms with van der Waals surface area (Å²) in [6.45, 7) is 5.51. The summed E-state index contributed by atoms with van der Waals surface area (Å²) in [5.41, 5.74) is 1.86. The lowest BCUT2D eigenvalue weighted by Crippen LogP contribution is -2.48. The number of carbonyl (C=O) groups excluding carboxylic acids is 1. The van der Waals surface area contributed by atoms with E-state index in [9.17, 15) is 4.79 Å². The average Bonchev–Trinajstić information content (AvgIpc) is 3.25. The number of benzene rings is 2. The second kappa shape index (κ2) is 10.2. The standard InChI is InChI=1S/C24H23Cl3N2O3/c1-16-13-17(25)5-7-22(16)31-15-18-6-8-23(32-18)24(30)29-11-9-28(10-12-29)14-19-20(26)3-2-4-21(19)27/h2-8,13H,9-12,14-15H2,1H3. The maximum Gasteiger partial charge on any atom is 0.289 e.